The third kappa shape index (κ3) is 3.22. The minimum Gasteiger partial charge on any atom is -0.322 e. The molecule has 6 nitrogen and oxygen atoms in total. The molecule has 0 bridgehead atoms. The van der Waals surface area contributed by atoms with Crippen molar-refractivity contribution in [1.82, 2.24) is 0 Å². The van der Waals surface area contributed by atoms with Crippen LogP contribution in [0.3, 0.4) is 0 Å². The second kappa shape index (κ2) is 6.00. The van der Waals surface area contributed by atoms with Crippen molar-refractivity contribution in [1.29, 1.82) is 10.5 Å². The second-order valence-electron chi connectivity index (χ2n) is 3.94. The van der Waals surface area contributed by atoms with E-state index in [-0.39, 0.29) is 10.8 Å². The number of nitrogens with zero attached hydrogens (tertiary/aromatic N) is 2. The highest BCUT2D eigenvalue weighted by molar-refractivity contribution is 7.92. The van der Waals surface area contributed by atoms with Crippen molar-refractivity contribution in [2.75, 3.05) is 5.32 Å². The molecule has 0 fully saturated rings. The Hall–Kier alpha value is -2.64. The Labute approximate surface area is 116 Å². The Morgan fingerprint density at radius 2 is 1.75 bits per heavy atom. The molecular weight excluding hydrogens is 278 g/mol. The van der Waals surface area contributed by atoms with E-state index in [0.29, 0.717) is 11.3 Å². The maximum absolute atomic E-state index is 11.9. The number of rotatable bonds is 4. The van der Waals surface area contributed by atoms with Gasteiger partial charge in [0, 0.05) is 11.3 Å². The zero-order chi connectivity index (χ0) is 15.3. The molecule has 0 heterocycles. The van der Waals surface area contributed by atoms with Crippen LogP contribution < -0.4 is 5.32 Å². The molecule has 0 aliphatic carbocycles. The quantitative estimate of drug-likeness (QED) is 0.842. The minimum absolute atomic E-state index is 0.154. The van der Waals surface area contributed by atoms with Gasteiger partial charge >= 0.3 is 0 Å². The average Bonchev–Trinajstić information content (AvgIpc) is 2.40. The number of hydrogen-bond acceptors (Lipinski definition) is 5. The van der Waals surface area contributed by atoms with Crippen LogP contribution >= 0.6 is 0 Å². The molecule has 102 valence electrons. The minimum atomic E-state index is -4.02. The average molecular weight is 289 g/mol. The first-order valence-corrected chi connectivity index (χ1v) is 6.97. The molecule has 0 aliphatic heterocycles. The Morgan fingerprint density at radius 1 is 1.25 bits per heavy atom. The normalized spacial score (nSPS) is 10.4. The van der Waals surface area contributed by atoms with Gasteiger partial charge in [-0.15, -0.1) is 0 Å². The van der Waals surface area contributed by atoms with Gasteiger partial charge in [-0.3, -0.25) is 4.79 Å². The van der Waals surface area contributed by atoms with Crippen LogP contribution in [0.4, 0.5) is 5.69 Å². The summed E-state index contributed by atoms with van der Waals surface area (Å²) in [4.78, 5) is 11.2. The molecular formula is C13H11N3O3S. The second-order valence-corrected chi connectivity index (χ2v) is 5.97. The van der Waals surface area contributed by atoms with E-state index in [4.69, 9.17) is 10.5 Å². The van der Waals surface area contributed by atoms with Crippen LogP contribution in [-0.4, -0.2) is 19.6 Å². The number of nitrogens with one attached hydrogen (secondary N) is 1. The number of nitriles is 2. The van der Waals surface area contributed by atoms with Crippen molar-refractivity contribution in [2.24, 2.45) is 0 Å². The van der Waals surface area contributed by atoms with Gasteiger partial charge in [-0.25, -0.2) is 8.42 Å². The molecule has 0 saturated heterocycles. The molecule has 0 spiro atoms. The monoisotopic (exact) mass is 289 g/mol. The summed E-state index contributed by atoms with van der Waals surface area (Å²) in [5.74, 6) is -0.382. The lowest BCUT2D eigenvalue weighted by atomic mass is 10.3. The van der Waals surface area contributed by atoms with Gasteiger partial charge in [-0.05, 0) is 31.2 Å². The molecule has 1 N–H and O–H groups in total. The molecule has 0 radical (unpaired) electrons. The first-order chi connectivity index (χ1) is 9.32. The standard InChI is InChI=1S/C13H11N3O3S/c1-9(2)13(17)16-10-3-5-11(6-4-10)20(18,19)12(7-14)8-15/h3-6,12H,1H2,2H3,(H,16,17). The smallest absolute Gasteiger partial charge is 0.250 e. The summed E-state index contributed by atoms with van der Waals surface area (Å²) in [6, 6.07) is 8.05. The van der Waals surface area contributed by atoms with E-state index in [1.165, 1.54) is 36.4 Å². The van der Waals surface area contributed by atoms with Crippen molar-refractivity contribution in [3.63, 3.8) is 0 Å². The van der Waals surface area contributed by atoms with Gasteiger partial charge < -0.3 is 5.32 Å². The van der Waals surface area contributed by atoms with Crippen LogP contribution in [0.15, 0.2) is 41.3 Å². The predicted octanol–water partition coefficient (Wildman–Crippen LogP) is 1.39. The summed E-state index contributed by atoms with van der Waals surface area (Å²) in [6.07, 6.45) is 0. The van der Waals surface area contributed by atoms with Gasteiger partial charge in [0.2, 0.25) is 15.1 Å². The summed E-state index contributed by atoms with van der Waals surface area (Å²) in [5, 5.41) is 18.0. The lowest BCUT2D eigenvalue weighted by molar-refractivity contribution is -0.112. The molecule has 1 amide bonds. The van der Waals surface area contributed by atoms with E-state index in [9.17, 15) is 13.2 Å². The molecule has 1 rings (SSSR count). The third-order valence-electron chi connectivity index (χ3n) is 2.37. The number of carbonyl (C=O) groups excluding carboxylic acids is 1. The maximum atomic E-state index is 11.9. The maximum Gasteiger partial charge on any atom is 0.250 e. The molecule has 0 aliphatic rings. The van der Waals surface area contributed by atoms with Crippen LogP contribution in [0, 0.1) is 22.7 Å². The van der Waals surface area contributed by atoms with Gasteiger partial charge in [0.1, 0.15) is 0 Å². The van der Waals surface area contributed by atoms with Gasteiger partial charge in [-0.2, -0.15) is 10.5 Å². The number of carbonyl (C=O) groups is 1. The fourth-order valence-corrected chi connectivity index (χ4v) is 2.33. The van der Waals surface area contributed by atoms with Crippen molar-refractivity contribution in [3.05, 3.63) is 36.4 Å². The molecule has 20 heavy (non-hydrogen) atoms. The van der Waals surface area contributed by atoms with Gasteiger partial charge in [0.05, 0.1) is 17.0 Å². The highest BCUT2D eigenvalue weighted by Gasteiger charge is 2.27. The van der Waals surface area contributed by atoms with E-state index < -0.39 is 15.1 Å². The first kappa shape index (κ1) is 15.4. The Balaban J connectivity index is 3.04. The summed E-state index contributed by atoms with van der Waals surface area (Å²) in [7, 11) is -4.02. The van der Waals surface area contributed by atoms with E-state index in [1.807, 2.05) is 0 Å². The van der Waals surface area contributed by atoms with Crippen molar-refractivity contribution < 1.29 is 13.2 Å². The van der Waals surface area contributed by atoms with Crippen molar-refractivity contribution >= 4 is 21.4 Å². The molecule has 0 atom stereocenters. The van der Waals surface area contributed by atoms with Gasteiger partial charge in [0.15, 0.2) is 0 Å². The number of benzene rings is 1. The van der Waals surface area contributed by atoms with Gasteiger partial charge in [0.25, 0.3) is 5.91 Å². The highest BCUT2D eigenvalue weighted by atomic mass is 32.2. The topological polar surface area (TPSA) is 111 Å². The molecule has 1 aromatic carbocycles. The van der Waals surface area contributed by atoms with Crippen LogP contribution in [0.5, 0.6) is 0 Å². The third-order valence-corrected chi connectivity index (χ3v) is 4.13. The fourth-order valence-electron chi connectivity index (χ4n) is 1.27. The van der Waals surface area contributed by atoms with E-state index >= 15 is 0 Å². The van der Waals surface area contributed by atoms with Gasteiger partial charge in [-0.1, -0.05) is 6.58 Å². The number of sulfone groups is 1. The predicted molar refractivity (Wildman–Crippen MR) is 72.1 cm³/mol. The van der Waals surface area contributed by atoms with Crippen molar-refractivity contribution in [2.45, 2.75) is 17.1 Å². The zero-order valence-electron chi connectivity index (χ0n) is 10.6. The number of amides is 1. The Morgan fingerprint density at radius 3 is 2.15 bits per heavy atom. The summed E-state index contributed by atoms with van der Waals surface area (Å²) >= 11 is 0. The molecule has 0 unspecified atom stereocenters. The molecule has 1 aromatic rings. The molecule has 0 aromatic heterocycles. The van der Waals surface area contributed by atoms with Crippen molar-refractivity contribution in [3.8, 4) is 12.1 Å². The first-order valence-electron chi connectivity index (χ1n) is 5.43. The summed E-state index contributed by atoms with van der Waals surface area (Å²) in [6.45, 7) is 5.01. The highest BCUT2D eigenvalue weighted by Crippen LogP contribution is 2.18. The van der Waals surface area contributed by atoms with Crippen LogP contribution in [0.1, 0.15) is 6.92 Å². The Kier molecular flexibility index (Phi) is 4.63. The molecule has 0 saturated carbocycles. The van der Waals surface area contributed by atoms with E-state index in [0.717, 1.165) is 0 Å². The zero-order valence-corrected chi connectivity index (χ0v) is 11.4. The number of anilines is 1. The lowest BCUT2D eigenvalue weighted by Crippen LogP contribution is -2.17. The van der Waals surface area contributed by atoms with Crippen LogP contribution in [0.2, 0.25) is 0 Å². The lowest BCUT2D eigenvalue weighted by Gasteiger charge is -2.07. The summed E-state index contributed by atoms with van der Waals surface area (Å²) < 4.78 is 23.8. The van der Waals surface area contributed by atoms with Crippen LogP contribution in [-0.2, 0) is 14.6 Å². The fraction of sp³-hybridized carbons (Fsp3) is 0.154. The number of hydrogen-bond donors (Lipinski definition) is 1. The van der Waals surface area contributed by atoms with E-state index in [2.05, 4.69) is 11.9 Å². The Bertz CT molecular complexity index is 708. The SMILES string of the molecule is C=C(C)C(=O)Nc1ccc(S(=O)(=O)C(C#N)C#N)cc1. The summed E-state index contributed by atoms with van der Waals surface area (Å²) in [5.41, 5.74) is 0.707. The van der Waals surface area contributed by atoms with E-state index in [1.54, 1.807) is 6.92 Å². The largest absolute Gasteiger partial charge is 0.322 e. The van der Waals surface area contributed by atoms with Crippen LogP contribution in [0.25, 0.3) is 0 Å². The molecule has 7 heteroatoms.